The van der Waals surface area contributed by atoms with Crippen molar-refractivity contribution in [3.8, 4) is 0 Å². The van der Waals surface area contributed by atoms with Gasteiger partial charge in [0.05, 0.1) is 0 Å². The third kappa shape index (κ3) is 1.21. The van der Waals surface area contributed by atoms with Crippen LogP contribution in [0.3, 0.4) is 0 Å². The first-order chi connectivity index (χ1) is 5.35. The molecule has 3 aliphatic rings. The van der Waals surface area contributed by atoms with Gasteiger partial charge in [0.15, 0.2) is 0 Å². The zero-order valence-electron chi connectivity index (χ0n) is 6.94. The maximum atomic E-state index is 10.8. The van der Waals surface area contributed by atoms with Crippen molar-refractivity contribution >= 4 is 6.29 Å². The van der Waals surface area contributed by atoms with Crippen LogP contribution < -0.4 is 0 Å². The molecular formula is C10H15O. The van der Waals surface area contributed by atoms with E-state index in [1.807, 2.05) is 0 Å². The molecule has 0 unspecified atom stereocenters. The summed E-state index contributed by atoms with van der Waals surface area (Å²) in [6.45, 7) is 0. The Kier molecular flexibility index (Phi) is 1.74. The maximum absolute atomic E-state index is 10.8. The standard InChI is InChI=1S/C10H15O/c11-8-10-5-1-2-9(3-6-10)4-7-10/h9H,1-7H2. The van der Waals surface area contributed by atoms with E-state index in [0.29, 0.717) is 0 Å². The molecule has 0 amide bonds. The molecule has 11 heavy (non-hydrogen) atoms. The summed E-state index contributed by atoms with van der Waals surface area (Å²) < 4.78 is 0. The molecule has 0 aromatic carbocycles. The summed E-state index contributed by atoms with van der Waals surface area (Å²) in [4.78, 5) is 10.8. The minimum Gasteiger partial charge on any atom is -0.290 e. The number of fused-ring (bicyclic) bond motifs is 4. The summed E-state index contributed by atoms with van der Waals surface area (Å²) in [5, 5.41) is 0. The molecule has 1 radical (unpaired) electrons. The van der Waals surface area contributed by atoms with Crippen LogP contribution in [-0.4, -0.2) is 6.29 Å². The molecule has 0 atom stereocenters. The first-order valence-electron chi connectivity index (χ1n) is 4.74. The van der Waals surface area contributed by atoms with Crippen molar-refractivity contribution in [2.75, 3.05) is 0 Å². The largest absolute Gasteiger partial charge is 0.290 e. The molecule has 0 heterocycles. The molecule has 3 rings (SSSR count). The van der Waals surface area contributed by atoms with Crippen LogP contribution in [0.25, 0.3) is 0 Å². The van der Waals surface area contributed by atoms with Crippen LogP contribution in [0, 0.1) is 11.3 Å². The second kappa shape index (κ2) is 2.62. The van der Waals surface area contributed by atoms with Crippen LogP contribution in [-0.2, 0) is 4.79 Å². The molecule has 0 spiro atoms. The molecule has 1 heteroatoms. The highest BCUT2D eigenvalue weighted by Gasteiger charge is 2.38. The highest BCUT2D eigenvalue weighted by molar-refractivity contribution is 5.60. The lowest BCUT2D eigenvalue weighted by molar-refractivity contribution is 0.243. The summed E-state index contributed by atoms with van der Waals surface area (Å²) in [6, 6.07) is 0. The van der Waals surface area contributed by atoms with Crippen LogP contribution >= 0.6 is 0 Å². The average molecular weight is 151 g/mol. The topological polar surface area (TPSA) is 17.1 Å². The monoisotopic (exact) mass is 151 g/mol. The SMILES string of the molecule is O=[C]C12CCCC(CC1)CC2. The van der Waals surface area contributed by atoms with Gasteiger partial charge in [0.2, 0.25) is 6.29 Å². The molecule has 3 aliphatic carbocycles. The van der Waals surface area contributed by atoms with Gasteiger partial charge < -0.3 is 0 Å². The van der Waals surface area contributed by atoms with Gasteiger partial charge in [-0.05, 0) is 38.0 Å². The van der Waals surface area contributed by atoms with E-state index in [-0.39, 0.29) is 5.41 Å². The summed E-state index contributed by atoms with van der Waals surface area (Å²) >= 11 is 0. The Morgan fingerprint density at radius 3 is 2.45 bits per heavy atom. The van der Waals surface area contributed by atoms with Crippen molar-refractivity contribution in [2.45, 2.75) is 44.9 Å². The second-order valence-corrected chi connectivity index (χ2v) is 4.22. The van der Waals surface area contributed by atoms with Gasteiger partial charge in [-0.3, -0.25) is 4.79 Å². The number of rotatable bonds is 1. The molecule has 3 saturated carbocycles. The van der Waals surface area contributed by atoms with Crippen molar-refractivity contribution in [1.82, 2.24) is 0 Å². The van der Waals surface area contributed by atoms with E-state index in [1.54, 1.807) is 0 Å². The fourth-order valence-corrected chi connectivity index (χ4v) is 2.65. The molecule has 1 nitrogen and oxygen atoms in total. The van der Waals surface area contributed by atoms with E-state index < -0.39 is 0 Å². The zero-order valence-corrected chi connectivity index (χ0v) is 6.94. The van der Waals surface area contributed by atoms with Crippen molar-refractivity contribution < 1.29 is 4.79 Å². The van der Waals surface area contributed by atoms with Gasteiger partial charge in [0, 0.05) is 5.41 Å². The van der Waals surface area contributed by atoms with Gasteiger partial charge in [-0.15, -0.1) is 0 Å². The molecule has 0 saturated heterocycles. The number of hydrogen-bond acceptors (Lipinski definition) is 1. The molecule has 3 fully saturated rings. The highest BCUT2D eigenvalue weighted by atomic mass is 16.1. The Morgan fingerprint density at radius 2 is 1.82 bits per heavy atom. The van der Waals surface area contributed by atoms with Gasteiger partial charge in [-0.2, -0.15) is 0 Å². The van der Waals surface area contributed by atoms with E-state index >= 15 is 0 Å². The van der Waals surface area contributed by atoms with E-state index in [1.165, 1.54) is 25.7 Å². The lowest BCUT2D eigenvalue weighted by atomic mass is 9.73. The Balaban J connectivity index is 2.16. The fraction of sp³-hybridized carbons (Fsp3) is 0.900. The van der Waals surface area contributed by atoms with Crippen LogP contribution in [0.15, 0.2) is 0 Å². The predicted molar refractivity (Wildman–Crippen MR) is 43.9 cm³/mol. The van der Waals surface area contributed by atoms with E-state index in [0.717, 1.165) is 25.2 Å². The summed E-state index contributed by atoms with van der Waals surface area (Å²) in [5.74, 6) is 0.943. The molecule has 0 aromatic rings. The van der Waals surface area contributed by atoms with Gasteiger partial charge in [0.25, 0.3) is 0 Å². The molecule has 2 bridgehead atoms. The summed E-state index contributed by atoms with van der Waals surface area (Å²) in [6.07, 6.45) is 10.9. The lowest BCUT2D eigenvalue weighted by Gasteiger charge is -2.30. The Bertz CT molecular complexity index is 149. The molecule has 0 N–H and O–H groups in total. The van der Waals surface area contributed by atoms with Crippen molar-refractivity contribution in [3.63, 3.8) is 0 Å². The first-order valence-corrected chi connectivity index (χ1v) is 4.74. The third-order valence-electron chi connectivity index (χ3n) is 3.55. The quantitative estimate of drug-likeness (QED) is 0.562. The fourth-order valence-electron chi connectivity index (χ4n) is 2.65. The summed E-state index contributed by atoms with van der Waals surface area (Å²) in [7, 11) is 0. The van der Waals surface area contributed by atoms with Gasteiger partial charge in [0.1, 0.15) is 0 Å². The Hall–Kier alpha value is -0.330. The number of carbonyl (C=O) groups excluding carboxylic acids is 1. The minimum atomic E-state index is 0.00694. The Morgan fingerprint density at radius 1 is 1.09 bits per heavy atom. The summed E-state index contributed by atoms with van der Waals surface area (Å²) in [5.41, 5.74) is 0.00694. The highest BCUT2D eigenvalue weighted by Crippen LogP contribution is 2.46. The molecule has 0 aromatic heterocycles. The smallest absolute Gasteiger partial charge is 0.205 e. The van der Waals surface area contributed by atoms with Crippen LogP contribution in [0.2, 0.25) is 0 Å². The van der Waals surface area contributed by atoms with E-state index in [4.69, 9.17) is 0 Å². The molecule has 0 aliphatic heterocycles. The second-order valence-electron chi connectivity index (χ2n) is 4.22. The van der Waals surface area contributed by atoms with E-state index in [9.17, 15) is 4.79 Å². The van der Waals surface area contributed by atoms with Crippen molar-refractivity contribution in [1.29, 1.82) is 0 Å². The van der Waals surface area contributed by atoms with Gasteiger partial charge in [-0.1, -0.05) is 12.8 Å². The van der Waals surface area contributed by atoms with Crippen molar-refractivity contribution in [3.05, 3.63) is 0 Å². The maximum Gasteiger partial charge on any atom is 0.205 e. The van der Waals surface area contributed by atoms with Crippen LogP contribution in [0.4, 0.5) is 0 Å². The van der Waals surface area contributed by atoms with Gasteiger partial charge >= 0.3 is 0 Å². The predicted octanol–water partition coefficient (Wildman–Crippen LogP) is 2.46. The van der Waals surface area contributed by atoms with Gasteiger partial charge in [-0.25, -0.2) is 0 Å². The average Bonchev–Trinajstić information content (AvgIpc) is 2.37. The van der Waals surface area contributed by atoms with Crippen molar-refractivity contribution in [2.24, 2.45) is 11.3 Å². The minimum absolute atomic E-state index is 0.00694. The molecular weight excluding hydrogens is 136 g/mol. The molecule has 61 valence electrons. The zero-order chi connectivity index (χ0) is 7.73. The third-order valence-corrected chi connectivity index (χ3v) is 3.55. The van der Waals surface area contributed by atoms with E-state index in [2.05, 4.69) is 6.29 Å². The van der Waals surface area contributed by atoms with Crippen LogP contribution in [0.1, 0.15) is 44.9 Å². The van der Waals surface area contributed by atoms with Crippen LogP contribution in [0.5, 0.6) is 0 Å². The number of hydrogen-bond donors (Lipinski definition) is 0. The first kappa shape index (κ1) is 7.33. The Labute approximate surface area is 68.2 Å². The normalized spacial score (nSPS) is 43.5. The lowest BCUT2D eigenvalue weighted by Crippen LogP contribution is -2.25.